The van der Waals surface area contributed by atoms with Crippen molar-refractivity contribution < 1.29 is 23.5 Å². The predicted octanol–water partition coefficient (Wildman–Crippen LogP) is 7.69. The molecule has 3 atom stereocenters. The molecule has 0 fully saturated rings. The first kappa shape index (κ1) is 33.8. The molecule has 0 amide bonds. The lowest BCUT2D eigenvalue weighted by atomic mass is 9.92. The fourth-order valence-corrected chi connectivity index (χ4v) is 6.02. The lowest BCUT2D eigenvalue weighted by molar-refractivity contribution is -0.152. The molecule has 7 heteroatoms. The molecule has 0 aromatic carbocycles. The Morgan fingerprint density at radius 1 is 0.794 bits per heavy atom. The van der Waals surface area contributed by atoms with E-state index >= 15 is 0 Å². The molecule has 1 N–H and O–H groups in total. The van der Waals surface area contributed by atoms with Crippen LogP contribution in [0.15, 0.2) is 0 Å². The van der Waals surface area contributed by atoms with Crippen LogP contribution in [0.5, 0.6) is 0 Å². The molecule has 0 aromatic heterocycles. The first-order valence-corrected chi connectivity index (χ1v) is 19.3. The van der Waals surface area contributed by atoms with Gasteiger partial charge in [-0.3, -0.25) is 4.79 Å². The summed E-state index contributed by atoms with van der Waals surface area (Å²) in [5, 5.41) is 11.3. The zero-order valence-corrected chi connectivity index (χ0v) is 26.7. The second kappa shape index (κ2) is 14.5. The Bertz CT molecular complexity index is 579. The largest absolute Gasteiger partial charge is 0.469 e. The highest BCUT2D eigenvalue weighted by Gasteiger charge is 2.41. The number of carbonyl (C=O) groups excluding carboxylic acids is 1. The van der Waals surface area contributed by atoms with Crippen LogP contribution in [-0.2, 0) is 18.4 Å². The van der Waals surface area contributed by atoms with Gasteiger partial charge in [0.05, 0.1) is 25.2 Å². The number of aliphatic hydroxyl groups is 1. The summed E-state index contributed by atoms with van der Waals surface area (Å²) < 4.78 is 17.6. The minimum Gasteiger partial charge on any atom is -0.469 e. The van der Waals surface area contributed by atoms with Crippen LogP contribution in [-0.4, -0.2) is 53.6 Å². The van der Waals surface area contributed by atoms with E-state index in [0.29, 0.717) is 6.42 Å². The van der Waals surface area contributed by atoms with E-state index < -0.39 is 34.8 Å². The molecular formula is C27H58O5Si2. The van der Waals surface area contributed by atoms with Gasteiger partial charge in [-0.1, -0.05) is 80.1 Å². The molecule has 0 aliphatic carbocycles. The van der Waals surface area contributed by atoms with E-state index in [1.807, 2.05) is 6.92 Å². The quantitative estimate of drug-likeness (QED) is 0.129. The van der Waals surface area contributed by atoms with Gasteiger partial charge in [0, 0.05) is 6.61 Å². The SMILES string of the molecule is COC(=O)C(CCCCCCCCCO[Si](C)(C)C(C)(C)C)C(O)C(C)O[Si](C)(C)C(C)(C)C. The third-order valence-electron chi connectivity index (χ3n) is 8.11. The number of esters is 1. The third kappa shape index (κ3) is 11.7. The number of carbonyl (C=O) groups is 1. The van der Waals surface area contributed by atoms with Gasteiger partial charge >= 0.3 is 5.97 Å². The number of ether oxygens (including phenoxy) is 1. The Morgan fingerprint density at radius 3 is 1.68 bits per heavy atom. The fraction of sp³-hybridized carbons (Fsp3) is 0.963. The molecule has 0 aliphatic heterocycles. The van der Waals surface area contributed by atoms with Gasteiger partial charge in [0.1, 0.15) is 0 Å². The predicted molar refractivity (Wildman–Crippen MR) is 149 cm³/mol. The molecule has 0 saturated heterocycles. The molecule has 0 aliphatic rings. The maximum Gasteiger partial charge on any atom is 0.311 e. The molecule has 0 heterocycles. The third-order valence-corrected chi connectivity index (χ3v) is 17.2. The van der Waals surface area contributed by atoms with E-state index in [2.05, 4.69) is 67.7 Å². The van der Waals surface area contributed by atoms with E-state index in [0.717, 1.165) is 32.3 Å². The van der Waals surface area contributed by atoms with Crippen LogP contribution in [0.1, 0.15) is 99.8 Å². The molecule has 34 heavy (non-hydrogen) atoms. The molecule has 0 aromatic rings. The van der Waals surface area contributed by atoms with Crippen molar-refractivity contribution in [3.8, 4) is 0 Å². The minimum atomic E-state index is -2.02. The average molecular weight is 519 g/mol. The van der Waals surface area contributed by atoms with Gasteiger partial charge in [0.2, 0.25) is 0 Å². The van der Waals surface area contributed by atoms with Crippen LogP contribution < -0.4 is 0 Å². The first-order valence-electron chi connectivity index (χ1n) is 13.4. The summed E-state index contributed by atoms with van der Waals surface area (Å²) in [5.41, 5.74) is 0. The van der Waals surface area contributed by atoms with Crippen LogP contribution in [0, 0.1) is 5.92 Å². The van der Waals surface area contributed by atoms with Crippen molar-refractivity contribution in [1.82, 2.24) is 0 Å². The summed E-state index contributed by atoms with van der Waals surface area (Å²) in [6.45, 7) is 25.1. The van der Waals surface area contributed by atoms with Crippen molar-refractivity contribution in [3.05, 3.63) is 0 Å². The summed E-state index contributed by atoms with van der Waals surface area (Å²) in [7, 11) is -2.24. The molecule has 0 bridgehead atoms. The molecule has 0 radical (unpaired) electrons. The first-order chi connectivity index (χ1) is 15.4. The second-order valence-electron chi connectivity index (χ2n) is 13.1. The maximum absolute atomic E-state index is 12.4. The van der Waals surface area contributed by atoms with E-state index in [4.69, 9.17) is 13.6 Å². The summed E-state index contributed by atoms with van der Waals surface area (Å²) in [6.07, 6.45) is 7.31. The monoisotopic (exact) mass is 518 g/mol. The average Bonchev–Trinajstić information content (AvgIpc) is 2.69. The van der Waals surface area contributed by atoms with Gasteiger partial charge in [0.25, 0.3) is 0 Å². The van der Waals surface area contributed by atoms with Crippen molar-refractivity contribution in [2.75, 3.05) is 13.7 Å². The number of methoxy groups -OCH3 is 1. The molecule has 0 saturated carbocycles. The zero-order valence-electron chi connectivity index (χ0n) is 24.7. The zero-order chi connectivity index (χ0) is 26.8. The highest BCUT2D eigenvalue weighted by atomic mass is 28.4. The molecule has 204 valence electrons. The normalized spacial score (nSPS) is 16.3. The number of hydrogen-bond donors (Lipinski definition) is 1. The molecule has 0 spiro atoms. The van der Waals surface area contributed by atoms with Gasteiger partial charge < -0.3 is 18.7 Å². The lowest BCUT2D eigenvalue weighted by Gasteiger charge is -2.40. The van der Waals surface area contributed by atoms with Crippen molar-refractivity contribution in [1.29, 1.82) is 0 Å². The standard InChI is InChI=1S/C27H58O5Si2/c1-22(32-34(11,12)27(5,6)7)24(28)23(25(29)30-8)20-18-16-14-13-15-17-19-21-31-33(9,10)26(2,3)4/h22-24,28H,13-21H2,1-12H3. The fourth-order valence-electron chi connectivity index (χ4n) is 3.51. The lowest BCUT2D eigenvalue weighted by Crippen LogP contribution is -2.48. The Balaban J connectivity index is 4.33. The number of hydrogen-bond acceptors (Lipinski definition) is 5. The number of unbranched alkanes of at least 4 members (excludes halogenated alkanes) is 6. The molecule has 5 nitrogen and oxygen atoms in total. The van der Waals surface area contributed by atoms with Crippen LogP contribution in [0.3, 0.4) is 0 Å². The Labute approximate surface area is 214 Å². The summed E-state index contributed by atoms with van der Waals surface area (Å²) in [5.74, 6) is -0.864. The molecule has 3 unspecified atom stereocenters. The van der Waals surface area contributed by atoms with Gasteiger partial charge in [-0.25, -0.2) is 0 Å². The minimum absolute atomic E-state index is 0.0542. The van der Waals surface area contributed by atoms with E-state index in [-0.39, 0.29) is 16.0 Å². The van der Waals surface area contributed by atoms with Crippen molar-refractivity contribution >= 4 is 22.6 Å². The van der Waals surface area contributed by atoms with Crippen LogP contribution in [0.4, 0.5) is 0 Å². The highest BCUT2D eigenvalue weighted by molar-refractivity contribution is 6.74. The highest BCUT2D eigenvalue weighted by Crippen LogP contribution is 2.38. The van der Waals surface area contributed by atoms with Crippen molar-refractivity contribution in [2.45, 2.75) is 148 Å². The maximum atomic E-state index is 12.4. The van der Waals surface area contributed by atoms with E-state index in [1.165, 1.54) is 26.4 Å². The number of rotatable bonds is 16. The Kier molecular flexibility index (Phi) is 14.4. The smallest absolute Gasteiger partial charge is 0.311 e. The van der Waals surface area contributed by atoms with E-state index in [9.17, 15) is 9.90 Å². The second-order valence-corrected chi connectivity index (χ2v) is 22.6. The van der Waals surface area contributed by atoms with Gasteiger partial charge in [-0.05, 0) is 56.0 Å². The summed E-state index contributed by atoms with van der Waals surface area (Å²) in [6, 6.07) is 0. The number of aliphatic hydroxyl groups excluding tert-OH is 1. The topological polar surface area (TPSA) is 65.0 Å². The van der Waals surface area contributed by atoms with Crippen LogP contribution in [0.25, 0.3) is 0 Å². The Hall–Kier alpha value is -0.216. The van der Waals surface area contributed by atoms with Crippen LogP contribution in [0.2, 0.25) is 36.3 Å². The van der Waals surface area contributed by atoms with Crippen molar-refractivity contribution in [3.63, 3.8) is 0 Å². The van der Waals surface area contributed by atoms with Gasteiger partial charge in [-0.2, -0.15) is 0 Å². The summed E-state index contributed by atoms with van der Waals surface area (Å²) in [4.78, 5) is 12.4. The summed E-state index contributed by atoms with van der Waals surface area (Å²) >= 11 is 0. The van der Waals surface area contributed by atoms with Gasteiger partial charge in [-0.15, -0.1) is 0 Å². The molecule has 0 rings (SSSR count). The van der Waals surface area contributed by atoms with Crippen LogP contribution >= 0.6 is 0 Å². The van der Waals surface area contributed by atoms with Gasteiger partial charge in [0.15, 0.2) is 16.6 Å². The van der Waals surface area contributed by atoms with E-state index in [1.54, 1.807) is 0 Å². The molecular weight excluding hydrogens is 460 g/mol. The Morgan fingerprint density at radius 2 is 1.24 bits per heavy atom. The van der Waals surface area contributed by atoms with Crippen molar-refractivity contribution in [2.24, 2.45) is 5.92 Å².